The first-order chi connectivity index (χ1) is 13.5. The molecule has 1 atom stereocenters. The third kappa shape index (κ3) is 3.41. The van der Waals surface area contributed by atoms with Crippen LogP contribution in [-0.2, 0) is 0 Å². The summed E-state index contributed by atoms with van der Waals surface area (Å²) in [5, 5.41) is 14.4. The molecule has 0 aliphatic carbocycles. The number of phenols is 1. The minimum atomic E-state index is 0.0145. The molecule has 1 aliphatic rings. The molecule has 0 unspecified atom stereocenters. The van der Waals surface area contributed by atoms with Gasteiger partial charge < -0.3 is 15.2 Å². The van der Waals surface area contributed by atoms with E-state index in [0.29, 0.717) is 17.4 Å². The lowest BCUT2D eigenvalue weighted by molar-refractivity contribution is 0.374. The van der Waals surface area contributed by atoms with E-state index in [4.69, 9.17) is 4.74 Å². The molecule has 0 saturated carbocycles. The van der Waals surface area contributed by atoms with Gasteiger partial charge in [0.25, 0.3) is 0 Å². The van der Waals surface area contributed by atoms with E-state index in [9.17, 15) is 5.11 Å². The molecule has 28 heavy (non-hydrogen) atoms. The molecule has 0 spiro atoms. The monoisotopic (exact) mass is 374 g/mol. The number of allylic oxidation sites excluding steroid dienone is 1. The van der Waals surface area contributed by atoms with Crippen LogP contribution in [0, 0.1) is 6.92 Å². The first-order valence-corrected chi connectivity index (χ1v) is 9.17. The van der Waals surface area contributed by atoms with Gasteiger partial charge in [0.2, 0.25) is 0 Å². The number of nitrogens with one attached hydrogen (secondary N) is 1. The van der Waals surface area contributed by atoms with Crippen molar-refractivity contribution in [3.63, 3.8) is 0 Å². The van der Waals surface area contributed by atoms with E-state index in [1.807, 2.05) is 13.1 Å². The van der Waals surface area contributed by atoms with E-state index in [1.165, 1.54) is 7.11 Å². The number of aromatic nitrogens is 2. The van der Waals surface area contributed by atoms with E-state index in [2.05, 4.69) is 57.5 Å². The molecule has 4 rings (SSSR count). The third-order valence-corrected chi connectivity index (χ3v) is 4.83. The number of hydrogen-bond donors (Lipinski definition) is 2. The van der Waals surface area contributed by atoms with Gasteiger partial charge in [-0.25, -0.2) is 9.97 Å². The molecule has 0 radical (unpaired) electrons. The highest BCUT2D eigenvalue weighted by Gasteiger charge is 2.14. The van der Waals surface area contributed by atoms with Crippen molar-refractivity contribution in [1.82, 2.24) is 9.97 Å². The smallest absolute Gasteiger partial charge is 0.162 e. The van der Waals surface area contributed by atoms with Gasteiger partial charge in [-0.05, 0) is 42.7 Å². The zero-order valence-electron chi connectivity index (χ0n) is 16.1. The Labute approximate surface area is 163 Å². The molecule has 3 aromatic rings. The summed E-state index contributed by atoms with van der Waals surface area (Å²) in [5.41, 5.74) is 4.16. The highest BCUT2D eigenvalue weighted by molar-refractivity contribution is 6.11. The largest absolute Gasteiger partial charge is 0.504 e. The number of aromatic hydroxyl groups is 1. The van der Waals surface area contributed by atoms with Gasteiger partial charge in [0.1, 0.15) is 11.6 Å². The van der Waals surface area contributed by atoms with Gasteiger partial charge >= 0.3 is 0 Å². The molecule has 0 saturated heterocycles. The van der Waals surface area contributed by atoms with Crippen LogP contribution in [0.3, 0.4) is 0 Å². The molecule has 2 N–H and O–H groups in total. The summed E-state index contributed by atoms with van der Waals surface area (Å²) in [6.07, 6.45) is 4.03. The number of rotatable bonds is 5. The Balaban J connectivity index is 1.69. The average molecular weight is 374 g/mol. The van der Waals surface area contributed by atoms with Crippen LogP contribution in [0.1, 0.15) is 29.9 Å². The van der Waals surface area contributed by atoms with Gasteiger partial charge in [0.05, 0.1) is 19.2 Å². The van der Waals surface area contributed by atoms with Crippen LogP contribution in [0.2, 0.25) is 0 Å². The molecular weight excluding hydrogens is 352 g/mol. The zero-order valence-corrected chi connectivity index (χ0v) is 16.1. The van der Waals surface area contributed by atoms with Crippen LogP contribution in [0.25, 0.3) is 16.5 Å². The van der Waals surface area contributed by atoms with Gasteiger partial charge in [-0.3, -0.25) is 4.99 Å². The van der Waals surface area contributed by atoms with Crippen LogP contribution in [0.5, 0.6) is 11.5 Å². The number of fused-ring (bicyclic) bond motifs is 1. The van der Waals surface area contributed by atoms with Crippen LogP contribution in [-0.4, -0.2) is 34.9 Å². The average Bonchev–Trinajstić information content (AvgIpc) is 3.23. The van der Waals surface area contributed by atoms with Crippen LogP contribution >= 0.6 is 0 Å². The lowest BCUT2D eigenvalue weighted by atomic mass is 10.0. The molecule has 2 aromatic carbocycles. The van der Waals surface area contributed by atoms with E-state index in [1.54, 1.807) is 12.1 Å². The maximum atomic E-state index is 10.2. The first-order valence-electron chi connectivity index (χ1n) is 9.17. The Morgan fingerprint density at radius 3 is 2.79 bits per heavy atom. The SMILES string of the molecule is COc1cc2nc(C)nc(N[C@H](C)c3cccc(C4=CCN=C4)c3)c2cc1O. The molecule has 142 valence electrons. The van der Waals surface area contributed by atoms with Gasteiger partial charge in [-0.15, -0.1) is 0 Å². The Morgan fingerprint density at radius 2 is 2.04 bits per heavy atom. The van der Waals surface area contributed by atoms with Gasteiger partial charge in [-0.1, -0.05) is 24.3 Å². The van der Waals surface area contributed by atoms with Crippen LogP contribution < -0.4 is 10.1 Å². The van der Waals surface area contributed by atoms with E-state index < -0.39 is 0 Å². The Kier molecular flexibility index (Phi) is 4.69. The summed E-state index contributed by atoms with van der Waals surface area (Å²) in [6, 6.07) is 11.8. The fourth-order valence-electron chi connectivity index (χ4n) is 3.36. The topological polar surface area (TPSA) is 79.6 Å². The fourth-order valence-corrected chi connectivity index (χ4v) is 3.36. The van der Waals surface area contributed by atoms with Crippen molar-refractivity contribution < 1.29 is 9.84 Å². The number of aliphatic imine (C=N–C) groups is 1. The van der Waals surface area contributed by atoms with Crippen molar-refractivity contribution in [3.8, 4) is 11.5 Å². The van der Waals surface area contributed by atoms with Crippen molar-refractivity contribution in [2.45, 2.75) is 19.9 Å². The summed E-state index contributed by atoms with van der Waals surface area (Å²) in [6.45, 7) is 4.68. The van der Waals surface area contributed by atoms with Crippen molar-refractivity contribution in [2.75, 3.05) is 19.0 Å². The summed E-state index contributed by atoms with van der Waals surface area (Å²) < 4.78 is 5.20. The third-order valence-electron chi connectivity index (χ3n) is 4.83. The lowest BCUT2D eigenvalue weighted by Crippen LogP contribution is -2.10. The predicted molar refractivity (Wildman–Crippen MR) is 112 cm³/mol. The van der Waals surface area contributed by atoms with Gasteiger partial charge in [0.15, 0.2) is 11.5 Å². The second-order valence-corrected chi connectivity index (χ2v) is 6.81. The normalized spacial score (nSPS) is 14.2. The lowest BCUT2D eigenvalue weighted by Gasteiger charge is -2.18. The minimum Gasteiger partial charge on any atom is -0.504 e. The van der Waals surface area contributed by atoms with E-state index in [-0.39, 0.29) is 11.8 Å². The number of nitrogens with zero attached hydrogens (tertiary/aromatic N) is 3. The maximum absolute atomic E-state index is 10.2. The van der Waals surface area contributed by atoms with Crippen molar-refractivity contribution >= 4 is 28.5 Å². The first kappa shape index (κ1) is 18.0. The minimum absolute atomic E-state index is 0.0145. The Bertz CT molecular complexity index is 1110. The van der Waals surface area contributed by atoms with Crippen molar-refractivity contribution in [2.24, 2.45) is 4.99 Å². The number of hydrogen-bond acceptors (Lipinski definition) is 6. The standard InChI is InChI=1S/C22H22N4O2/c1-13(15-5-4-6-16(9-15)17-7-8-23-12-17)24-22-18-10-20(27)21(28-3)11-19(18)25-14(2)26-22/h4-7,9-13,27H,8H2,1-3H3,(H,24,25,26)/t13-/m1/s1. The molecule has 0 fully saturated rings. The fraction of sp³-hybridized carbons (Fsp3) is 0.227. The summed E-state index contributed by atoms with van der Waals surface area (Å²) in [4.78, 5) is 13.3. The molecule has 2 heterocycles. The van der Waals surface area contributed by atoms with E-state index in [0.717, 1.165) is 34.1 Å². The van der Waals surface area contributed by atoms with Crippen molar-refractivity contribution in [3.05, 3.63) is 59.4 Å². The van der Waals surface area contributed by atoms with Crippen LogP contribution in [0.4, 0.5) is 5.82 Å². The second-order valence-electron chi connectivity index (χ2n) is 6.81. The van der Waals surface area contributed by atoms with Crippen molar-refractivity contribution in [1.29, 1.82) is 0 Å². The Morgan fingerprint density at radius 1 is 1.18 bits per heavy atom. The highest BCUT2D eigenvalue weighted by Crippen LogP contribution is 2.34. The van der Waals surface area contributed by atoms with E-state index >= 15 is 0 Å². The number of phenolic OH excluding ortho intramolecular Hbond substituents is 1. The number of anilines is 1. The molecule has 0 amide bonds. The molecule has 0 bridgehead atoms. The summed E-state index contributed by atoms with van der Waals surface area (Å²) in [5.74, 6) is 1.78. The van der Waals surface area contributed by atoms with Gasteiger partial charge in [0, 0.05) is 23.7 Å². The predicted octanol–water partition coefficient (Wildman–Crippen LogP) is 4.29. The zero-order chi connectivity index (χ0) is 19.7. The molecular formula is C22H22N4O2. The summed E-state index contributed by atoms with van der Waals surface area (Å²) in [7, 11) is 1.52. The number of ether oxygens (including phenoxy) is 1. The summed E-state index contributed by atoms with van der Waals surface area (Å²) >= 11 is 0. The quantitative estimate of drug-likeness (QED) is 0.696. The molecule has 1 aromatic heterocycles. The maximum Gasteiger partial charge on any atom is 0.162 e. The number of aryl methyl sites for hydroxylation is 1. The number of methoxy groups -OCH3 is 1. The molecule has 1 aliphatic heterocycles. The second kappa shape index (κ2) is 7.31. The number of benzene rings is 2. The highest BCUT2D eigenvalue weighted by atomic mass is 16.5. The van der Waals surface area contributed by atoms with Crippen LogP contribution in [0.15, 0.2) is 47.5 Å². The molecule has 6 nitrogen and oxygen atoms in total. The molecule has 6 heteroatoms. The van der Waals surface area contributed by atoms with Gasteiger partial charge in [-0.2, -0.15) is 0 Å². The Hall–Kier alpha value is -3.41.